The summed E-state index contributed by atoms with van der Waals surface area (Å²) in [5.74, 6) is 3.04. The van der Waals surface area contributed by atoms with Crippen LogP contribution in [0.15, 0.2) is 11.6 Å². The fraction of sp³-hybridized carbons (Fsp3) is 0.905. The van der Waals surface area contributed by atoms with Gasteiger partial charge in [0.15, 0.2) is 0 Å². The highest BCUT2D eigenvalue weighted by Gasteiger charge is 2.57. The monoisotopic (exact) mass is 286 g/mol. The summed E-state index contributed by atoms with van der Waals surface area (Å²) in [6.45, 7) is 10.3. The van der Waals surface area contributed by atoms with Gasteiger partial charge in [0.2, 0.25) is 0 Å². The van der Waals surface area contributed by atoms with Crippen molar-refractivity contribution in [1.82, 2.24) is 0 Å². The molecule has 0 nitrogen and oxygen atoms in total. The Morgan fingerprint density at radius 2 is 1.67 bits per heavy atom. The van der Waals surface area contributed by atoms with Crippen LogP contribution in [-0.4, -0.2) is 0 Å². The standard InChI is InChI=1S/C21H34/c1-19(2)11-6-13-21(4)17-10-14-20(3)12-5-7-16(20)15(17)8-9-18(19)21/h9,15-17H,5-8,10-14H2,1-4H3/t15-,16-,17-,20+,21+/m0/s1. The molecule has 4 rings (SSSR count). The maximum atomic E-state index is 2.73. The number of rotatable bonds is 0. The zero-order chi connectivity index (χ0) is 14.9. The molecule has 0 saturated heterocycles. The molecule has 0 radical (unpaired) electrons. The molecular weight excluding hydrogens is 252 g/mol. The maximum absolute atomic E-state index is 2.73. The van der Waals surface area contributed by atoms with E-state index in [1.807, 2.05) is 5.57 Å². The third-order valence-electron chi connectivity index (χ3n) is 8.47. The van der Waals surface area contributed by atoms with Crippen LogP contribution in [0.25, 0.3) is 0 Å². The fourth-order valence-corrected chi connectivity index (χ4v) is 7.49. The van der Waals surface area contributed by atoms with E-state index in [0.717, 1.165) is 17.8 Å². The number of hydrogen-bond acceptors (Lipinski definition) is 0. The van der Waals surface area contributed by atoms with Gasteiger partial charge in [-0.25, -0.2) is 0 Å². The molecule has 4 aliphatic rings. The summed E-state index contributed by atoms with van der Waals surface area (Å²) in [5.41, 5.74) is 3.56. The lowest BCUT2D eigenvalue weighted by atomic mass is 9.45. The minimum absolute atomic E-state index is 0.467. The van der Waals surface area contributed by atoms with Crippen molar-refractivity contribution in [2.45, 2.75) is 85.5 Å². The number of fused-ring (bicyclic) bond motifs is 5. The first-order valence-electron chi connectivity index (χ1n) is 9.58. The number of allylic oxidation sites excluding steroid dienone is 2. The van der Waals surface area contributed by atoms with Gasteiger partial charge in [0.05, 0.1) is 0 Å². The summed E-state index contributed by atoms with van der Waals surface area (Å²) in [4.78, 5) is 0. The van der Waals surface area contributed by atoms with Crippen molar-refractivity contribution in [3.63, 3.8) is 0 Å². The highest BCUT2D eigenvalue weighted by atomic mass is 14.6. The molecule has 0 heteroatoms. The Kier molecular flexibility index (Phi) is 3.00. The Labute approximate surface area is 131 Å². The second-order valence-electron chi connectivity index (χ2n) is 9.97. The average molecular weight is 287 g/mol. The molecule has 0 aliphatic heterocycles. The molecule has 0 unspecified atom stereocenters. The molecule has 4 aliphatic carbocycles. The van der Waals surface area contributed by atoms with Crippen LogP contribution in [0.1, 0.15) is 85.5 Å². The van der Waals surface area contributed by atoms with Gasteiger partial charge in [-0.15, -0.1) is 0 Å². The van der Waals surface area contributed by atoms with Crippen molar-refractivity contribution in [2.75, 3.05) is 0 Å². The van der Waals surface area contributed by atoms with Gasteiger partial charge in [-0.3, -0.25) is 0 Å². The first-order valence-corrected chi connectivity index (χ1v) is 9.58. The van der Waals surface area contributed by atoms with Gasteiger partial charge in [0.1, 0.15) is 0 Å². The van der Waals surface area contributed by atoms with Crippen LogP contribution in [0.4, 0.5) is 0 Å². The predicted molar refractivity (Wildman–Crippen MR) is 90.1 cm³/mol. The Morgan fingerprint density at radius 1 is 0.857 bits per heavy atom. The van der Waals surface area contributed by atoms with Crippen molar-refractivity contribution in [2.24, 2.45) is 34.0 Å². The topological polar surface area (TPSA) is 0 Å². The molecule has 118 valence electrons. The van der Waals surface area contributed by atoms with E-state index in [9.17, 15) is 0 Å². The van der Waals surface area contributed by atoms with E-state index in [0.29, 0.717) is 16.2 Å². The number of hydrogen-bond donors (Lipinski definition) is 0. The first-order chi connectivity index (χ1) is 9.87. The van der Waals surface area contributed by atoms with Crippen molar-refractivity contribution < 1.29 is 0 Å². The largest absolute Gasteiger partial charge is 0.0839 e. The Balaban J connectivity index is 1.73. The molecule has 0 spiro atoms. The molecule has 0 amide bonds. The van der Waals surface area contributed by atoms with Crippen LogP contribution in [0.3, 0.4) is 0 Å². The van der Waals surface area contributed by atoms with E-state index in [1.54, 1.807) is 0 Å². The van der Waals surface area contributed by atoms with Crippen LogP contribution >= 0.6 is 0 Å². The third kappa shape index (κ3) is 1.86. The lowest BCUT2D eigenvalue weighted by Crippen LogP contribution is -2.50. The zero-order valence-electron chi connectivity index (χ0n) is 14.7. The van der Waals surface area contributed by atoms with E-state index in [2.05, 4.69) is 33.8 Å². The first kappa shape index (κ1) is 14.3. The normalized spacial score (nSPS) is 51.6. The quantitative estimate of drug-likeness (QED) is 0.454. The second-order valence-corrected chi connectivity index (χ2v) is 9.97. The van der Waals surface area contributed by atoms with E-state index < -0.39 is 0 Å². The minimum Gasteiger partial charge on any atom is -0.0839 e. The molecule has 3 fully saturated rings. The summed E-state index contributed by atoms with van der Waals surface area (Å²) in [6, 6.07) is 0. The molecule has 0 aromatic carbocycles. The maximum Gasteiger partial charge on any atom is -0.00799 e. The molecule has 0 aromatic rings. The van der Waals surface area contributed by atoms with Gasteiger partial charge in [-0.1, -0.05) is 52.2 Å². The highest BCUT2D eigenvalue weighted by molar-refractivity contribution is 5.29. The smallest absolute Gasteiger partial charge is 0.00799 e. The molecule has 21 heavy (non-hydrogen) atoms. The average Bonchev–Trinajstić information content (AvgIpc) is 2.79. The van der Waals surface area contributed by atoms with Gasteiger partial charge in [-0.05, 0) is 78.9 Å². The van der Waals surface area contributed by atoms with E-state index >= 15 is 0 Å². The molecule has 0 N–H and O–H groups in total. The second kappa shape index (κ2) is 4.39. The Hall–Kier alpha value is -0.260. The molecule has 0 heterocycles. The van der Waals surface area contributed by atoms with Gasteiger partial charge < -0.3 is 0 Å². The van der Waals surface area contributed by atoms with Crippen molar-refractivity contribution in [1.29, 1.82) is 0 Å². The van der Waals surface area contributed by atoms with Crippen LogP contribution in [0.2, 0.25) is 0 Å². The van der Waals surface area contributed by atoms with Gasteiger partial charge >= 0.3 is 0 Å². The van der Waals surface area contributed by atoms with Gasteiger partial charge in [-0.2, -0.15) is 0 Å². The molecule has 5 atom stereocenters. The SMILES string of the molecule is CC1(C)CCC[C@@]2(C)C1=CC[C@H]1[C@@H]3CCC[C@]3(C)CC[C@@H]12. The summed E-state index contributed by atoms with van der Waals surface area (Å²) in [6.07, 6.45) is 16.0. The van der Waals surface area contributed by atoms with Crippen LogP contribution in [0.5, 0.6) is 0 Å². The van der Waals surface area contributed by atoms with E-state index in [4.69, 9.17) is 0 Å². The summed E-state index contributed by atoms with van der Waals surface area (Å²) in [5, 5.41) is 0. The van der Waals surface area contributed by atoms with Gasteiger partial charge in [0, 0.05) is 0 Å². The van der Waals surface area contributed by atoms with E-state index in [1.165, 1.54) is 57.8 Å². The molecular formula is C21H34. The van der Waals surface area contributed by atoms with Crippen LogP contribution in [-0.2, 0) is 0 Å². The van der Waals surface area contributed by atoms with E-state index in [-0.39, 0.29) is 0 Å². The summed E-state index contributed by atoms with van der Waals surface area (Å²) in [7, 11) is 0. The lowest BCUT2D eigenvalue weighted by molar-refractivity contribution is -0.0362. The molecule has 0 aromatic heterocycles. The van der Waals surface area contributed by atoms with Crippen molar-refractivity contribution in [3.8, 4) is 0 Å². The Bertz CT molecular complexity index is 470. The summed E-state index contributed by atoms with van der Waals surface area (Å²) >= 11 is 0. The van der Waals surface area contributed by atoms with Crippen LogP contribution in [0, 0.1) is 34.0 Å². The fourth-order valence-electron chi connectivity index (χ4n) is 7.49. The molecule has 3 saturated carbocycles. The van der Waals surface area contributed by atoms with Crippen molar-refractivity contribution >= 4 is 0 Å². The third-order valence-corrected chi connectivity index (χ3v) is 8.47. The van der Waals surface area contributed by atoms with Gasteiger partial charge in [0.25, 0.3) is 0 Å². The highest BCUT2D eigenvalue weighted by Crippen LogP contribution is 2.66. The van der Waals surface area contributed by atoms with Crippen molar-refractivity contribution in [3.05, 3.63) is 11.6 Å². The molecule has 0 bridgehead atoms. The zero-order valence-corrected chi connectivity index (χ0v) is 14.7. The summed E-state index contributed by atoms with van der Waals surface area (Å²) < 4.78 is 0. The van der Waals surface area contributed by atoms with Crippen LogP contribution < -0.4 is 0 Å². The Morgan fingerprint density at radius 3 is 2.48 bits per heavy atom. The predicted octanol–water partition coefficient (Wildman–Crippen LogP) is 6.37. The minimum atomic E-state index is 0.467. The lowest BCUT2D eigenvalue weighted by Gasteiger charge is -2.59.